The van der Waals surface area contributed by atoms with E-state index in [0.717, 1.165) is 53.9 Å². The SMILES string of the molecule is CCc1ccc(Cl)c(CC)c1NC(=O)/C=C/c1ccc(N2CCCC2=O)cc1. The van der Waals surface area contributed by atoms with Gasteiger partial charge in [-0.2, -0.15) is 0 Å². The van der Waals surface area contributed by atoms with Gasteiger partial charge in [-0.05, 0) is 60.2 Å². The third-order valence-corrected chi connectivity index (χ3v) is 5.38. The molecule has 1 N–H and O–H groups in total. The van der Waals surface area contributed by atoms with Gasteiger partial charge in [0.2, 0.25) is 11.8 Å². The summed E-state index contributed by atoms with van der Waals surface area (Å²) in [5, 5.41) is 3.66. The second kappa shape index (κ2) is 9.07. The number of nitrogens with zero attached hydrogens (tertiary/aromatic N) is 1. The molecule has 0 radical (unpaired) electrons. The molecule has 1 aliphatic heterocycles. The fraction of sp³-hybridized carbons (Fsp3) is 0.304. The Labute approximate surface area is 171 Å². The van der Waals surface area contributed by atoms with Gasteiger partial charge < -0.3 is 10.2 Å². The molecule has 5 heteroatoms. The average molecular weight is 397 g/mol. The van der Waals surface area contributed by atoms with E-state index in [9.17, 15) is 9.59 Å². The lowest BCUT2D eigenvalue weighted by Gasteiger charge is -2.15. The fourth-order valence-electron chi connectivity index (χ4n) is 3.49. The summed E-state index contributed by atoms with van der Waals surface area (Å²) in [6.45, 7) is 4.86. The van der Waals surface area contributed by atoms with Crippen LogP contribution in [0.4, 0.5) is 11.4 Å². The number of carbonyl (C=O) groups is 2. The van der Waals surface area contributed by atoms with Gasteiger partial charge in [0, 0.05) is 35.4 Å². The van der Waals surface area contributed by atoms with Gasteiger partial charge in [-0.25, -0.2) is 0 Å². The van der Waals surface area contributed by atoms with Crippen LogP contribution in [0.3, 0.4) is 0 Å². The number of amides is 2. The average Bonchev–Trinajstić information content (AvgIpc) is 3.13. The normalized spacial score (nSPS) is 14.1. The number of anilines is 2. The van der Waals surface area contributed by atoms with E-state index >= 15 is 0 Å². The van der Waals surface area contributed by atoms with Gasteiger partial charge in [-0.15, -0.1) is 0 Å². The summed E-state index contributed by atoms with van der Waals surface area (Å²) in [4.78, 5) is 26.1. The minimum atomic E-state index is -0.189. The van der Waals surface area contributed by atoms with Crippen LogP contribution in [0.15, 0.2) is 42.5 Å². The number of benzene rings is 2. The summed E-state index contributed by atoms with van der Waals surface area (Å²) >= 11 is 6.30. The third-order valence-electron chi connectivity index (χ3n) is 5.03. The molecule has 1 saturated heterocycles. The van der Waals surface area contributed by atoms with Crippen molar-refractivity contribution >= 4 is 40.9 Å². The first-order valence-corrected chi connectivity index (χ1v) is 10.1. The first kappa shape index (κ1) is 20.2. The van der Waals surface area contributed by atoms with Gasteiger partial charge in [0.15, 0.2) is 0 Å². The van der Waals surface area contributed by atoms with Gasteiger partial charge in [-0.1, -0.05) is 43.6 Å². The van der Waals surface area contributed by atoms with Crippen molar-refractivity contribution in [1.82, 2.24) is 0 Å². The second-order valence-corrected chi connectivity index (χ2v) is 7.24. The van der Waals surface area contributed by atoms with Crippen molar-refractivity contribution in [2.75, 3.05) is 16.8 Å². The van der Waals surface area contributed by atoms with Crippen molar-refractivity contribution in [3.8, 4) is 0 Å². The van der Waals surface area contributed by atoms with E-state index in [1.807, 2.05) is 43.3 Å². The lowest BCUT2D eigenvalue weighted by atomic mass is 10.0. The molecule has 0 saturated carbocycles. The Morgan fingerprint density at radius 1 is 1.14 bits per heavy atom. The van der Waals surface area contributed by atoms with E-state index in [0.29, 0.717) is 11.4 Å². The predicted molar refractivity (Wildman–Crippen MR) is 116 cm³/mol. The lowest BCUT2D eigenvalue weighted by molar-refractivity contribution is -0.117. The van der Waals surface area contributed by atoms with E-state index < -0.39 is 0 Å². The molecule has 0 unspecified atom stereocenters. The molecule has 28 heavy (non-hydrogen) atoms. The molecule has 1 fully saturated rings. The summed E-state index contributed by atoms with van der Waals surface area (Å²) < 4.78 is 0. The topological polar surface area (TPSA) is 49.4 Å². The van der Waals surface area contributed by atoms with Gasteiger partial charge in [-0.3, -0.25) is 9.59 Å². The highest BCUT2D eigenvalue weighted by Crippen LogP contribution is 2.29. The highest BCUT2D eigenvalue weighted by atomic mass is 35.5. The Morgan fingerprint density at radius 2 is 1.89 bits per heavy atom. The van der Waals surface area contributed by atoms with Gasteiger partial charge in [0.05, 0.1) is 0 Å². The smallest absolute Gasteiger partial charge is 0.248 e. The largest absolute Gasteiger partial charge is 0.322 e. The maximum Gasteiger partial charge on any atom is 0.248 e. The first-order valence-electron chi connectivity index (χ1n) is 9.73. The highest BCUT2D eigenvalue weighted by Gasteiger charge is 2.21. The Kier molecular flexibility index (Phi) is 6.53. The molecule has 0 aliphatic carbocycles. The van der Waals surface area contributed by atoms with Crippen LogP contribution in [0.2, 0.25) is 5.02 Å². The van der Waals surface area contributed by atoms with Crippen LogP contribution in [-0.2, 0) is 22.4 Å². The summed E-state index contributed by atoms with van der Waals surface area (Å²) in [6.07, 6.45) is 6.39. The minimum absolute atomic E-state index is 0.169. The minimum Gasteiger partial charge on any atom is -0.322 e. The van der Waals surface area contributed by atoms with E-state index in [-0.39, 0.29) is 11.8 Å². The highest BCUT2D eigenvalue weighted by molar-refractivity contribution is 6.32. The molecular formula is C23H25ClN2O2. The van der Waals surface area contributed by atoms with Crippen molar-refractivity contribution < 1.29 is 9.59 Å². The third kappa shape index (κ3) is 4.45. The molecule has 1 aliphatic rings. The molecule has 2 amide bonds. The summed E-state index contributed by atoms with van der Waals surface area (Å²) in [5.74, 6) is -0.0203. The van der Waals surface area contributed by atoms with Crippen molar-refractivity contribution in [3.05, 3.63) is 64.2 Å². The number of nitrogens with one attached hydrogen (secondary N) is 1. The van der Waals surface area contributed by atoms with Crippen LogP contribution in [0, 0.1) is 0 Å². The Hall–Kier alpha value is -2.59. The van der Waals surface area contributed by atoms with E-state index in [1.165, 1.54) is 6.08 Å². The zero-order valence-corrected chi connectivity index (χ0v) is 17.1. The number of rotatable bonds is 6. The summed E-state index contributed by atoms with van der Waals surface area (Å²) in [6, 6.07) is 11.5. The number of carbonyl (C=O) groups excluding carboxylic acids is 2. The summed E-state index contributed by atoms with van der Waals surface area (Å²) in [7, 11) is 0. The maximum atomic E-state index is 12.5. The number of halogens is 1. The number of aryl methyl sites for hydroxylation is 1. The standard InChI is InChI=1S/C23H25ClN2O2/c1-3-17-10-13-20(24)19(4-2)23(17)25-21(27)14-9-16-7-11-18(12-8-16)26-15-5-6-22(26)28/h7-14H,3-6,15H2,1-2H3,(H,25,27)/b14-9+. The Balaban J connectivity index is 1.71. The Morgan fingerprint density at radius 3 is 2.50 bits per heavy atom. The monoisotopic (exact) mass is 396 g/mol. The van der Waals surface area contributed by atoms with E-state index in [4.69, 9.17) is 11.6 Å². The van der Waals surface area contributed by atoms with Crippen molar-refractivity contribution in [3.63, 3.8) is 0 Å². The fourth-order valence-corrected chi connectivity index (χ4v) is 3.78. The van der Waals surface area contributed by atoms with Crippen molar-refractivity contribution in [2.24, 2.45) is 0 Å². The van der Waals surface area contributed by atoms with E-state index in [1.54, 1.807) is 11.0 Å². The quantitative estimate of drug-likeness (QED) is 0.678. The molecule has 0 aromatic heterocycles. The van der Waals surface area contributed by atoms with Crippen LogP contribution < -0.4 is 10.2 Å². The molecule has 146 valence electrons. The van der Waals surface area contributed by atoms with Crippen LogP contribution in [0.5, 0.6) is 0 Å². The number of hydrogen-bond donors (Lipinski definition) is 1. The predicted octanol–water partition coefficient (Wildman–Crippen LogP) is 5.24. The summed E-state index contributed by atoms with van der Waals surface area (Å²) in [5.41, 5.74) is 4.66. The molecule has 2 aromatic rings. The van der Waals surface area contributed by atoms with Gasteiger partial charge in [0.1, 0.15) is 0 Å². The van der Waals surface area contributed by atoms with Crippen LogP contribution >= 0.6 is 11.6 Å². The second-order valence-electron chi connectivity index (χ2n) is 6.83. The van der Waals surface area contributed by atoms with Crippen molar-refractivity contribution in [2.45, 2.75) is 39.5 Å². The van der Waals surface area contributed by atoms with Crippen molar-refractivity contribution in [1.29, 1.82) is 0 Å². The van der Waals surface area contributed by atoms with Gasteiger partial charge >= 0.3 is 0 Å². The van der Waals surface area contributed by atoms with E-state index in [2.05, 4.69) is 12.2 Å². The molecule has 1 heterocycles. The molecule has 3 rings (SSSR count). The Bertz CT molecular complexity index is 904. The lowest BCUT2D eigenvalue weighted by Crippen LogP contribution is -2.23. The van der Waals surface area contributed by atoms with Crippen LogP contribution in [0.25, 0.3) is 6.08 Å². The van der Waals surface area contributed by atoms with Crippen LogP contribution in [0.1, 0.15) is 43.4 Å². The molecule has 2 aromatic carbocycles. The molecule has 0 bridgehead atoms. The zero-order chi connectivity index (χ0) is 20.1. The first-order chi connectivity index (χ1) is 13.5. The molecule has 0 spiro atoms. The molecular weight excluding hydrogens is 372 g/mol. The molecule has 4 nitrogen and oxygen atoms in total. The maximum absolute atomic E-state index is 12.5. The zero-order valence-electron chi connectivity index (χ0n) is 16.3. The van der Waals surface area contributed by atoms with Gasteiger partial charge in [0.25, 0.3) is 0 Å². The van der Waals surface area contributed by atoms with Crippen LogP contribution in [-0.4, -0.2) is 18.4 Å². The number of hydrogen-bond acceptors (Lipinski definition) is 2. The molecule has 0 atom stereocenters.